The van der Waals surface area contributed by atoms with Crippen LogP contribution in [-0.4, -0.2) is 31.0 Å². The van der Waals surface area contributed by atoms with E-state index in [1.165, 1.54) is 23.5 Å². The molecule has 0 aliphatic rings. The summed E-state index contributed by atoms with van der Waals surface area (Å²) in [5.41, 5.74) is 0.963. The Morgan fingerprint density at radius 3 is 2.78 bits per heavy atom. The molecule has 0 atom stereocenters. The number of rotatable bonds is 7. The molecular weight excluding hydrogens is 343 g/mol. The van der Waals surface area contributed by atoms with Gasteiger partial charge in [-0.15, -0.1) is 11.3 Å². The molecule has 1 aromatic heterocycles. The summed E-state index contributed by atoms with van der Waals surface area (Å²) < 4.78 is 39.9. The number of thiazole rings is 1. The largest absolute Gasteiger partial charge is 0.481 e. The van der Waals surface area contributed by atoms with Crippen LogP contribution in [0.5, 0.6) is 0 Å². The maximum Gasteiger partial charge on any atom is 0.309 e. The summed E-state index contributed by atoms with van der Waals surface area (Å²) >= 11 is 1.27. The van der Waals surface area contributed by atoms with Gasteiger partial charge in [0.15, 0.2) is 0 Å². The van der Waals surface area contributed by atoms with Gasteiger partial charge in [-0.2, -0.15) is 0 Å². The van der Waals surface area contributed by atoms with E-state index in [0.29, 0.717) is 22.7 Å². The molecule has 1 heterocycles. The van der Waals surface area contributed by atoms with E-state index in [9.17, 15) is 17.6 Å². The van der Waals surface area contributed by atoms with E-state index in [0.717, 1.165) is 6.07 Å². The van der Waals surface area contributed by atoms with E-state index in [-0.39, 0.29) is 17.9 Å². The van der Waals surface area contributed by atoms with Crippen molar-refractivity contribution in [3.63, 3.8) is 0 Å². The van der Waals surface area contributed by atoms with Crippen LogP contribution in [0.15, 0.2) is 28.5 Å². The molecule has 2 rings (SSSR count). The van der Waals surface area contributed by atoms with Crippen molar-refractivity contribution in [2.75, 3.05) is 6.54 Å². The number of aryl methyl sites for hydroxylation is 1. The molecule has 0 bridgehead atoms. The van der Waals surface area contributed by atoms with Crippen LogP contribution in [0.3, 0.4) is 0 Å². The molecule has 0 aliphatic carbocycles. The average Bonchev–Trinajstić information content (AvgIpc) is 2.84. The maximum absolute atomic E-state index is 13.3. The number of nitrogens with one attached hydrogen (secondary N) is 1. The molecule has 23 heavy (non-hydrogen) atoms. The van der Waals surface area contributed by atoms with Crippen molar-refractivity contribution in [2.24, 2.45) is 0 Å². The summed E-state index contributed by atoms with van der Waals surface area (Å²) in [6, 6.07) is 3.60. The second kappa shape index (κ2) is 7.16. The van der Waals surface area contributed by atoms with E-state index in [1.54, 1.807) is 12.3 Å². The van der Waals surface area contributed by atoms with Crippen LogP contribution < -0.4 is 4.72 Å². The molecule has 0 fully saturated rings. The maximum atomic E-state index is 13.3. The highest BCUT2D eigenvalue weighted by atomic mass is 32.2. The lowest BCUT2D eigenvalue weighted by Crippen LogP contribution is -2.26. The zero-order valence-electron chi connectivity index (χ0n) is 12.2. The summed E-state index contributed by atoms with van der Waals surface area (Å²) in [5.74, 6) is -1.58. The van der Waals surface area contributed by atoms with Crippen LogP contribution in [0.1, 0.15) is 16.3 Å². The molecular formula is C14H15FN2O4S2. The van der Waals surface area contributed by atoms with Gasteiger partial charge in [-0.3, -0.25) is 4.79 Å². The monoisotopic (exact) mass is 358 g/mol. The quantitative estimate of drug-likeness (QED) is 0.786. The van der Waals surface area contributed by atoms with Crippen LogP contribution in [0, 0.1) is 12.7 Å². The first-order valence-corrected chi connectivity index (χ1v) is 9.04. The number of carboxylic acids is 1. The zero-order valence-corrected chi connectivity index (χ0v) is 13.9. The molecule has 2 N–H and O–H groups in total. The molecule has 124 valence electrons. The van der Waals surface area contributed by atoms with Crippen molar-refractivity contribution in [2.45, 2.75) is 24.7 Å². The molecule has 9 heteroatoms. The zero-order chi connectivity index (χ0) is 17.0. The third-order valence-corrected chi connectivity index (χ3v) is 5.29. The van der Waals surface area contributed by atoms with Gasteiger partial charge in [-0.05, 0) is 30.7 Å². The van der Waals surface area contributed by atoms with Crippen LogP contribution >= 0.6 is 11.3 Å². The highest BCUT2D eigenvalue weighted by molar-refractivity contribution is 7.89. The first-order valence-electron chi connectivity index (χ1n) is 6.68. The smallest absolute Gasteiger partial charge is 0.309 e. The predicted octanol–water partition coefficient (Wildman–Crippen LogP) is 1.74. The summed E-state index contributed by atoms with van der Waals surface area (Å²) in [6.45, 7) is 1.71. The van der Waals surface area contributed by atoms with Crippen molar-refractivity contribution in [3.8, 4) is 0 Å². The fraction of sp³-hybridized carbons (Fsp3) is 0.286. The van der Waals surface area contributed by atoms with Gasteiger partial charge in [0.05, 0.1) is 22.0 Å². The van der Waals surface area contributed by atoms with Crippen LogP contribution in [0.25, 0.3) is 0 Å². The number of sulfonamides is 1. The Hall–Kier alpha value is -1.84. The Bertz CT molecular complexity index is 798. The average molecular weight is 358 g/mol. The van der Waals surface area contributed by atoms with E-state index >= 15 is 0 Å². The topological polar surface area (TPSA) is 96.4 Å². The minimum absolute atomic E-state index is 0.0952. The van der Waals surface area contributed by atoms with Gasteiger partial charge >= 0.3 is 5.97 Å². The molecule has 1 aromatic carbocycles. The highest BCUT2D eigenvalue weighted by Gasteiger charge is 2.15. The molecule has 0 unspecified atom stereocenters. The third kappa shape index (κ3) is 5.08. The van der Waals surface area contributed by atoms with Crippen molar-refractivity contribution in [3.05, 3.63) is 45.7 Å². The van der Waals surface area contributed by atoms with E-state index < -0.39 is 21.8 Å². The number of aliphatic carboxylic acids is 1. The van der Waals surface area contributed by atoms with Crippen LogP contribution in [0.4, 0.5) is 4.39 Å². The fourth-order valence-corrected chi connectivity index (χ4v) is 3.88. The minimum Gasteiger partial charge on any atom is -0.481 e. The lowest BCUT2D eigenvalue weighted by molar-refractivity contribution is -0.136. The standard InChI is InChI=1S/C14H15FN2O4S2/c1-9-4-10(15)6-12(5-9)23(20,21)16-3-2-13-17-11(8-22-13)7-14(18)19/h4-6,8,16H,2-3,7H2,1H3,(H,18,19). The molecule has 0 spiro atoms. The van der Waals surface area contributed by atoms with Gasteiger partial charge in [-0.25, -0.2) is 22.5 Å². The molecule has 0 aliphatic heterocycles. The summed E-state index contributed by atoms with van der Waals surface area (Å²) in [6.07, 6.45) is 0.169. The molecule has 0 amide bonds. The van der Waals surface area contributed by atoms with E-state index in [4.69, 9.17) is 5.11 Å². The van der Waals surface area contributed by atoms with Crippen molar-refractivity contribution >= 4 is 27.3 Å². The number of carbonyl (C=O) groups is 1. The van der Waals surface area contributed by atoms with Crippen LogP contribution in [0.2, 0.25) is 0 Å². The Balaban J connectivity index is 1.97. The predicted molar refractivity (Wildman–Crippen MR) is 83.5 cm³/mol. The van der Waals surface area contributed by atoms with Crippen molar-refractivity contribution in [1.82, 2.24) is 9.71 Å². The third-order valence-electron chi connectivity index (χ3n) is 2.89. The van der Waals surface area contributed by atoms with Crippen LogP contribution in [-0.2, 0) is 27.7 Å². The number of carboxylic acid groups (broad SMARTS) is 1. The van der Waals surface area contributed by atoms with Gasteiger partial charge < -0.3 is 5.11 Å². The number of hydrogen-bond acceptors (Lipinski definition) is 5. The van der Waals surface area contributed by atoms with Gasteiger partial charge in [0, 0.05) is 18.3 Å². The fourth-order valence-electron chi connectivity index (χ4n) is 1.93. The molecule has 0 saturated carbocycles. The van der Waals surface area contributed by atoms with E-state index in [2.05, 4.69) is 9.71 Å². The normalized spacial score (nSPS) is 11.6. The number of benzene rings is 1. The summed E-state index contributed by atoms with van der Waals surface area (Å²) in [4.78, 5) is 14.6. The second-order valence-corrected chi connectivity index (χ2v) is 7.62. The van der Waals surface area contributed by atoms with Crippen molar-refractivity contribution < 1.29 is 22.7 Å². The van der Waals surface area contributed by atoms with Gasteiger partial charge in [-0.1, -0.05) is 0 Å². The first kappa shape index (κ1) is 17.5. The highest BCUT2D eigenvalue weighted by Crippen LogP contribution is 2.14. The number of hydrogen-bond donors (Lipinski definition) is 2. The molecule has 0 radical (unpaired) electrons. The summed E-state index contributed by atoms with van der Waals surface area (Å²) in [5, 5.41) is 10.9. The van der Waals surface area contributed by atoms with Gasteiger partial charge in [0.1, 0.15) is 5.82 Å². The number of nitrogens with zero attached hydrogens (tertiary/aromatic N) is 1. The van der Waals surface area contributed by atoms with Gasteiger partial charge in [0.2, 0.25) is 10.0 Å². The van der Waals surface area contributed by atoms with Gasteiger partial charge in [0.25, 0.3) is 0 Å². The lowest BCUT2D eigenvalue weighted by atomic mass is 10.2. The summed E-state index contributed by atoms with van der Waals surface area (Å²) in [7, 11) is -3.79. The Labute approximate surface area is 137 Å². The number of halogens is 1. The Kier molecular flexibility index (Phi) is 5.45. The molecule has 6 nitrogen and oxygen atoms in total. The Morgan fingerprint density at radius 1 is 1.39 bits per heavy atom. The first-order chi connectivity index (χ1) is 10.8. The second-order valence-electron chi connectivity index (χ2n) is 4.92. The van der Waals surface area contributed by atoms with E-state index in [1.807, 2.05) is 0 Å². The molecule has 0 saturated heterocycles. The minimum atomic E-state index is -3.79. The SMILES string of the molecule is Cc1cc(F)cc(S(=O)(=O)NCCc2nc(CC(=O)O)cs2)c1. The lowest BCUT2D eigenvalue weighted by Gasteiger charge is -2.07. The van der Waals surface area contributed by atoms with Crippen molar-refractivity contribution in [1.29, 1.82) is 0 Å². The Morgan fingerprint density at radius 2 is 2.13 bits per heavy atom. The molecule has 2 aromatic rings. The number of aromatic nitrogens is 1.